The van der Waals surface area contributed by atoms with Crippen molar-refractivity contribution in [3.8, 4) is 0 Å². The Morgan fingerprint density at radius 3 is 2.65 bits per heavy atom. The van der Waals surface area contributed by atoms with Gasteiger partial charge >= 0.3 is 0 Å². The van der Waals surface area contributed by atoms with Crippen LogP contribution in [-0.2, 0) is 10.0 Å². The predicted molar refractivity (Wildman–Crippen MR) is 104 cm³/mol. The van der Waals surface area contributed by atoms with E-state index in [2.05, 4.69) is 35.4 Å². The van der Waals surface area contributed by atoms with Gasteiger partial charge in [-0.1, -0.05) is 6.08 Å². The third kappa shape index (κ3) is 5.65. The van der Waals surface area contributed by atoms with E-state index < -0.39 is 10.0 Å². The summed E-state index contributed by atoms with van der Waals surface area (Å²) in [5, 5.41) is 2.98. The van der Waals surface area contributed by atoms with Crippen LogP contribution in [0.2, 0.25) is 0 Å². The molecule has 1 unspecified atom stereocenters. The number of nitrogens with one attached hydrogen (secondary N) is 2. The SMILES string of the molecule is C=CCNS(=O)(=O)c1ccc(C(=O)NCC2CCCN(C(C)C)C2)cc1. The Bertz CT molecular complexity index is 714. The fraction of sp³-hybridized carbons (Fsp3) is 0.526. The molecule has 1 aromatic carbocycles. The molecule has 0 aromatic heterocycles. The van der Waals surface area contributed by atoms with Gasteiger partial charge in [0.1, 0.15) is 0 Å². The highest BCUT2D eigenvalue weighted by atomic mass is 32.2. The van der Waals surface area contributed by atoms with Crippen molar-refractivity contribution in [1.82, 2.24) is 14.9 Å². The molecule has 1 aromatic rings. The number of sulfonamides is 1. The highest BCUT2D eigenvalue weighted by Gasteiger charge is 2.22. The second kappa shape index (κ2) is 9.30. The van der Waals surface area contributed by atoms with Crippen LogP contribution in [0, 0.1) is 5.92 Å². The molecule has 0 aliphatic carbocycles. The number of carbonyl (C=O) groups excluding carboxylic acids is 1. The molecule has 144 valence electrons. The third-order valence-corrected chi connectivity index (χ3v) is 6.12. The van der Waals surface area contributed by atoms with E-state index in [1.165, 1.54) is 18.2 Å². The van der Waals surface area contributed by atoms with Crippen molar-refractivity contribution in [2.24, 2.45) is 5.92 Å². The maximum Gasteiger partial charge on any atom is 0.251 e. The Labute approximate surface area is 156 Å². The van der Waals surface area contributed by atoms with E-state index >= 15 is 0 Å². The Morgan fingerprint density at radius 2 is 2.04 bits per heavy atom. The largest absolute Gasteiger partial charge is 0.352 e. The molecule has 2 N–H and O–H groups in total. The minimum Gasteiger partial charge on any atom is -0.352 e. The minimum atomic E-state index is -3.57. The Morgan fingerprint density at radius 1 is 1.35 bits per heavy atom. The molecule has 1 fully saturated rings. The van der Waals surface area contributed by atoms with E-state index in [-0.39, 0.29) is 17.3 Å². The number of rotatable bonds is 8. The molecule has 1 atom stereocenters. The summed E-state index contributed by atoms with van der Waals surface area (Å²) in [6.45, 7) is 10.8. The van der Waals surface area contributed by atoms with Crippen LogP contribution in [-0.4, -0.2) is 51.4 Å². The number of likely N-dealkylation sites (tertiary alicyclic amines) is 1. The number of carbonyl (C=O) groups is 1. The molecular formula is C19H29N3O3S. The van der Waals surface area contributed by atoms with Gasteiger partial charge in [-0.05, 0) is 63.4 Å². The maximum absolute atomic E-state index is 12.3. The van der Waals surface area contributed by atoms with Crippen molar-refractivity contribution in [3.63, 3.8) is 0 Å². The van der Waals surface area contributed by atoms with Crippen LogP contribution in [0.15, 0.2) is 41.8 Å². The van der Waals surface area contributed by atoms with E-state index in [0.717, 1.165) is 25.9 Å². The second-order valence-electron chi connectivity index (χ2n) is 6.97. The van der Waals surface area contributed by atoms with Crippen molar-refractivity contribution in [2.75, 3.05) is 26.2 Å². The van der Waals surface area contributed by atoms with Gasteiger partial charge in [-0.15, -0.1) is 6.58 Å². The number of hydrogen-bond donors (Lipinski definition) is 2. The lowest BCUT2D eigenvalue weighted by Gasteiger charge is -2.35. The lowest BCUT2D eigenvalue weighted by atomic mass is 9.97. The molecule has 1 amide bonds. The Kier molecular flexibility index (Phi) is 7.37. The number of benzene rings is 1. The minimum absolute atomic E-state index is 0.135. The normalized spacial score (nSPS) is 18.7. The molecule has 0 spiro atoms. The number of amides is 1. The van der Waals surface area contributed by atoms with Crippen molar-refractivity contribution in [1.29, 1.82) is 0 Å². The van der Waals surface area contributed by atoms with Crippen molar-refractivity contribution in [2.45, 2.75) is 37.6 Å². The molecule has 1 saturated heterocycles. The first-order valence-electron chi connectivity index (χ1n) is 9.06. The van der Waals surface area contributed by atoms with Gasteiger partial charge in [-0.3, -0.25) is 4.79 Å². The summed E-state index contributed by atoms with van der Waals surface area (Å²) in [6.07, 6.45) is 3.75. The maximum atomic E-state index is 12.3. The van der Waals surface area contributed by atoms with E-state index in [0.29, 0.717) is 24.1 Å². The average molecular weight is 380 g/mol. The summed E-state index contributed by atoms with van der Waals surface area (Å²) in [4.78, 5) is 14.9. The van der Waals surface area contributed by atoms with Gasteiger partial charge in [0.15, 0.2) is 0 Å². The number of nitrogens with zero attached hydrogens (tertiary/aromatic N) is 1. The predicted octanol–water partition coefficient (Wildman–Crippen LogP) is 2.00. The highest BCUT2D eigenvalue weighted by molar-refractivity contribution is 7.89. The van der Waals surface area contributed by atoms with Gasteiger partial charge in [-0.2, -0.15) is 0 Å². The topological polar surface area (TPSA) is 78.5 Å². The smallest absolute Gasteiger partial charge is 0.251 e. The van der Waals surface area contributed by atoms with Crippen LogP contribution in [0.4, 0.5) is 0 Å². The average Bonchev–Trinajstić information content (AvgIpc) is 2.64. The van der Waals surface area contributed by atoms with Crippen LogP contribution in [0.1, 0.15) is 37.0 Å². The first-order valence-corrected chi connectivity index (χ1v) is 10.5. The number of hydrogen-bond acceptors (Lipinski definition) is 4. The summed E-state index contributed by atoms with van der Waals surface area (Å²) in [7, 11) is -3.57. The quantitative estimate of drug-likeness (QED) is 0.677. The zero-order valence-corrected chi connectivity index (χ0v) is 16.4. The molecule has 0 bridgehead atoms. The lowest BCUT2D eigenvalue weighted by molar-refractivity contribution is 0.0922. The van der Waals surface area contributed by atoms with E-state index in [9.17, 15) is 13.2 Å². The molecule has 0 saturated carbocycles. The summed E-state index contributed by atoms with van der Waals surface area (Å²) < 4.78 is 26.5. The van der Waals surface area contributed by atoms with Gasteiger partial charge in [0.05, 0.1) is 4.90 Å². The fourth-order valence-electron chi connectivity index (χ4n) is 3.11. The first-order chi connectivity index (χ1) is 12.3. The van der Waals surface area contributed by atoms with Crippen LogP contribution >= 0.6 is 0 Å². The molecule has 26 heavy (non-hydrogen) atoms. The molecular weight excluding hydrogens is 350 g/mol. The van der Waals surface area contributed by atoms with Crippen LogP contribution in [0.3, 0.4) is 0 Å². The highest BCUT2D eigenvalue weighted by Crippen LogP contribution is 2.18. The Hall–Kier alpha value is -1.70. The van der Waals surface area contributed by atoms with Gasteiger partial charge in [-0.25, -0.2) is 13.1 Å². The molecule has 0 radical (unpaired) electrons. The van der Waals surface area contributed by atoms with Crippen molar-refractivity contribution >= 4 is 15.9 Å². The summed E-state index contributed by atoms with van der Waals surface area (Å²) >= 11 is 0. The van der Waals surface area contributed by atoms with Gasteiger partial charge in [0.2, 0.25) is 10.0 Å². The van der Waals surface area contributed by atoms with Crippen LogP contribution in [0.25, 0.3) is 0 Å². The van der Waals surface area contributed by atoms with E-state index in [1.54, 1.807) is 12.1 Å². The lowest BCUT2D eigenvalue weighted by Crippen LogP contribution is -2.43. The second-order valence-corrected chi connectivity index (χ2v) is 8.74. The summed E-state index contributed by atoms with van der Waals surface area (Å²) in [5.74, 6) is 0.285. The number of piperidine rings is 1. The summed E-state index contributed by atoms with van der Waals surface area (Å²) in [6, 6.07) is 6.50. The van der Waals surface area contributed by atoms with Gasteiger partial charge < -0.3 is 10.2 Å². The first kappa shape index (κ1) is 20.6. The molecule has 2 rings (SSSR count). The molecule has 7 heteroatoms. The fourth-order valence-corrected chi connectivity index (χ4v) is 4.11. The van der Waals surface area contributed by atoms with Gasteiger partial charge in [0.25, 0.3) is 5.91 Å². The molecule has 1 heterocycles. The van der Waals surface area contributed by atoms with Crippen molar-refractivity contribution in [3.05, 3.63) is 42.5 Å². The zero-order valence-electron chi connectivity index (χ0n) is 15.6. The Balaban J connectivity index is 1.91. The standard InChI is InChI=1S/C19H29N3O3S/c1-4-11-21-26(24,25)18-9-7-17(8-10-18)19(23)20-13-16-6-5-12-22(14-16)15(2)3/h4,7-10,15-16,21H,1,5-6,11-14H2,2-3H3,(H,20,23). The van der Waals surface area contributed by atoms with Crippen LogP contribution in [0.5, 0.6) is 0 Å². The van der Waals surface area contributed by atoms with E-state index in [4.69, 9.17) is 0 Å². The van der Waals surface area contributed by atoms with E-state index in [1.807, 2.05) is 0 Å². The molecule has 1 aliphatic heterocycles. The molecule has 1 aliphatic rings. The molecule has 6 nitrogen and oxygen atoms in total. The van der Waals surface area contributed by atoms with Crippen molar-refractivity contribution < 1.29 is 13.2 Å². The monoisotopic (exact) mass is 379 g/mol. The third-order valence-electron chi connectivity index (χ3n) is 4.68. The zero-order chi connectivity index (χ0) is 19.2. The summed E-state index contributed by atoms with van der Waals surface area (Å²) in [5.41, 5.74) is 0.462. The van der Waals surface area contributed by atoms with Gasteiger partial charge in [0, 0.05) is 31.2 Å². The van der Waals surface area contributed by atoms with Crippen LogP contribution < -0.4 is 10.0 Å².